The van der Waals surface area contributed by atoms with Crippen LogP contribution in [-0.2, 0) is 20.0 Å². The highest BCUT2D eigenvalue weighted by Crippen LogP contribution is 2.27. The van der Waals surface area contributed by atoms with Crippen molar-refractivity contribution in [3.8, 4) is 0 Å². The lowest BCUT2D eigenvalue weighted by Gasteiger charge is -2.11. The van der Waals surface area contributed by atoms with Gasteiger partial charge in [-0.15, -0.1) is 0 Å². The molecule has 0 amide bonds. The summed E-state index contributed by atoms with van der Waals surface area (Å²) in [4.78, 5) is -0.130. The Labute approximate surface area is 150 Å². The minimum atomic E-state index is -3.96. The summed E-state index contributed by atoms with van der Waals surface area (Å²) < 4.78 is 53.1. The minimum absolute atomic E-state index is 0.0262. The van der Waals surface area contributed by atoms with Crippen LogP contribution in [0.3, 0.4) is 0 Å². The Morgan fingerprint density at radius 3 is 2.12 bits per heavy atom. The average Bonchev–Trinajstić information content (AvgIpc) is 2.49. The van der Waals surface area contributed by atoms with E-state index in [2.05, 4.69) is 9.44 Å². The molecule has 2 N–H and O–H groups in total. The van der Waals surface area contributed by atoms with Crippen molar-refractivity contribution in [2.45, 2.75) is 16.7 Å². The van der Waals surface area contributed by atoms with E-state index in [1.807, 2.05) is 0 Å². The van der Waals surface area contributed by atoms with Gasteiger partial charge in [-0.3, -0.25) is 4.72 Å². The highest BCUT2D eigenvalue weighted by molar-refractivity contribution is 7.92. The zero-order valence-electron chi connectivity index (χ0n) is 12.5. The molecule has 24 heavy (non-hydrogen) atoms. The molecule has 0 bridgehead atoms. The van der Waals surface area contributed by atoms with Gasteiger partial charge in [0.2, 0.25) is 10.0 Å². The molecule has 2 rings (SSSR count). The second-order valence-corrected chi connectivity index (χ2v) is 8.97. The maximum atomic E-state index is 12.4. The first-order valence-electron chi connectivity index (χ1n) is 6.73. The second kappa shape index (κ2) is 7.28. The van der Waals surface area contributed by atoms with Crippen LogP contribution in [0.5, 0.6) is 0 Å². The van der Waals surface area contributed by atoms with Crippen LogP contribution in [0.4, 0.5) is 5.69 Å². The lowest BCUT2D eigenvalue weighted by atomic mass is 10.3. The Kier molecular flexibility index (Phi) is 5.77. The maximum absolute atomic E-state index is 12.4. The van der Waals surface area contributed by atoms with E-state index in [0.717, 1.165) is 0 Å². The van der Waals surface area contributed by atoms with E-state index >= 15 is 0 Å². The van der Waals surface area contributed by atoms with E-state index in [-0.39, 0.29) is 32.1 Å². The largest absolute Gasteiger partial charge is 0.280 e. The highest BCUT2D eigenvalue weighted by atomic mass is 35.5. The zero-order valence-corrected chi connectivity index (χ0v) is 15.6. The van der Waals surface area contributed by atoms with Crippen LogP contribution in [0, 0.1) is 0 Å². The third kappa shape index (κ3) is 4.40. The number of benzene rings is 2. The summed E-state index contributed by atoms with van der Waals surface area (Å²) in [6, 6.07) is 9.38. The second-order valence-electron chi connectivity index (χ2n) is 4.71. The zero-order chi connectivity index (χ0) is 18.0. The molecule has 0 saturated heterocycles. The van der Waals surface area contributed by atoms with Crippen molar-refractivity contribution in [3.05, 3.63) is 52.5 Å². The summed E-state index contributed by atoms with van der Waals surface area (Å²) in [5.41, 5.74) is 0.196. The van der Waals surface area contributed by atoms with E-state index in [1.54, 1.807) is 6.92 Å². The lowest BCUT2D eigenvalue weighted by molar-refractivity contribution is 0.584. The summed E-state index contributed by atoms with van der Waals surface area (Å²) in [5, 5.41) is 0.255. The predicted molar refractivity (Wildman–Crippen MR) is 94.6 cm³/mol. The Morgan fingerprint density at radius 2 is 1.54 bits per heavy atom. The first-order valence-corrected chi connectivity index (χ1v) is 10.5. The Hall–Kier alpha value is -1.32. The van der Waals surface area contributed by atoms with E-state index in [4.69, 9.17) is 23.2 Å². The van der Waals surface area contributed by atoms with Crippen LogP contribution in [-0.4, -0.2) is 23.4 Å². The van der Waals surface area contributed by atoms with Crippen LogP contribution < -0.4 is 9.44 Å². The number of anilines is 1. The van der Waals surface area contributed by atoms with Crippen molar-refractivity contribution in [2.24, 2.45) is 0 Å². The molecule has 0 radical (unpaired) electrons. The van der Waals surface area contributed by atoms with Gasteiger partial charge < -0.3 is 0 Å². The smallest absolute Gasteiger partial charge is 0.263 e. The summed E-state index contributed by atoms with van der Waals surface area (Å²) in [6.07, 6.45) is 0. The third-order valence-corrected chi connectivity index (χ3v) is 6.59. The highest BCUT2D eigenvalue weighted by Gasteiger charge is 2.19. The molecule has 0 aromatic heterocycles. The van der Waals surface area contributed by atoms with Gasteiger partial charge in [0.15, 0.2) is 0 Å². The molecule has 0 atom stereocenters. The van der Waals surface area contributed by atoms with Gasteiger partial charge in [-0.05, 0) is 42.5 Å². The summed E-state index contributed by atoms with van der Waals surface area (Å²) in [5.74, 6) is 0. The van der Waals surface area contributed by atoms with Gasteiger partial charge in [-0.1, -0.05) is 30.1 Å². The van der Waals surface area contributed by atoms with Crippen LogP contribution in [0.1, 0.15) is 6.92 Å². The summed E-state index contributed by atoms with van der Waals surface area (Å²) in [7, 11) is -7.56. The van der Waals surface area contributed by atoms with Gasteiger partial charge in [0.1, 0.15) is 4.90 Å². The topological polar surface area (TPSA) is 92.3 Å². The van der Waals surface area contributed by atoms with Crippen LogP contribution in [0.15, 0.2) is 52.3 Å². The molecule has 0 saturated carbocycles. The molecule has 10 heteroatoms. The molecular weight excluding hydrogens is 395 g/mol. The number of halogens is 2. The van der Waals surface area contributed by atoms with E-state index in [0.29, 0.717) is 0 Å². The Morgan fingerprint density at radius 1 is 0.917 bits per heavy atom. The molecule has 0 spiro atoms. The maximum Gasteiger partial charge on any atom is 0.263 e. The van der Waals surface area contributed by atoms with Crippen molar-refractivity contribution in [1.29, 1.82) is 0 Å². The average molecular weight is 409 g/mol. The predicted octanol–water partition coefficient (Wildman–Crippen LogP) is 3.09. The van der Waals surface area contributed by atoms with Crippen LogP contribution in [0.2, 0.25) is 10.0 Å². The molecule has 2 aromatic rings. The molecule has 6 nitrogen and oxygen atoms in total. The van der Waals surface area contributed by atoms with Crippen molar-refractivity contribution in [1.82, 2.24) is 4.72 Å². The molecule has 0 heterocycles. The molecule has 2 aromatic carbocycles. The molecule has 0 aliphatic rings. The quantitative estimate of drug-likeness (QED) is 0.767. The minimum Gasteiger partial charge on any atom is -0.280 e. The number of hydrogen-bond donors (Lipinski definition) is 2. The first-order chi connectivity index (χ1) is 11.2. The van der Waals surface area contributed by atoms with Crippen LogP contribution >= 0.6 is 23.2 Å². The Balaban J connectivity index is 2.29. The molecular formula is C14H14Cl2N2O4S2. The molecule has 0 aliphatic carbocycles. The SMILES string of the molecule is CCNS(=O)(=O)c1ccc(NS(=O)(=O)c2cc(Cl)ccc2Cl)cc1. The van der Waals surface area contributed by atoms with Gasteiger partial charge in [-0.25, -0.2) is 21.6 Å². The molecule has 0 fully saturated rings. The number of rotatable bonds is 6. The number of nitrogens with one attached hydrogen (secondary N) is 2. The standard InChI is InChI=1S/C14H14Cl2N2O4S2/c1-2-17-23(19,20)12-6-4-11(5-7-12)18-24(21,22)14-9-10(15)3-8-13(14)16/h3-9,17-18H,2H2,1H3. The third-order valence-electron chi connectivity index (χ3n) is 2.93. The van der Waals surface area contributed by atoms with E-state index < -0.39 is 20.0 Å². The number of sulfonamides is 2. The molecule has 0 aliphatic heterocycles. The van der Waals surface area contributed by atoms with Gasteiger partial charge in [0, 0.05) is 17.3 Å². The van der Waals surface area contributed by atoms with Gasteiger partial charge in [0.05, 0.1) is 9.92 Å². The lowest BCUT2D eigenvalue weighted by Crippen LogP contribution is -2.23. The first kappa shape index (κ1) is 19.0. The normalized spacial score (nSPS) is 12.1. The van der Waals surface area contributed by atoms with Gasteiger partial charge >= 0.3 is 0 Å². The summed E-state index contributed by atoms with van der Waals surface area (Å²) in [6.45, 7) is 1.92. The van der Waals surface area contributed by atoms with E-state index in [9.17, 15) is 16.8 Å². The molecule has 130 valence electrons. The fourth-order valence-corrected chi connectivity index (χ4v) is 4.73. The monoisotopic (exact) mass is 408 g/mol. The molecule has 0 unspecified atom stereocenters. The van der Waals surface area contributed by atoms with Crippen molar-refractivity contribution in [2.75, 3.05) is 11.3 Å². The number of hydrogen-bond acceptors (Lipinski definition) is 4. The van der Waals surface area contributed by atoms with Gasteiger partial charge in [-0.2, -0.15) is 0 Å². The van der Waals surface area contributed by atoms with Gasteiger partial charge in [0.25, 0.3) is 10.0 Å². The Bertz CT molecular complexity index is 943. The van der Waals surface area contributed by atoms with Crippen molar-refractivity contribution < 1.29 is 16.8 Å². The summed E-state index contributed by atoms with van der Waals surface area (Å²) >= 11 is 11.7. The van der Waals surface area contributed by atoms with Crippen molar-refractivity contribution >= 4 is 48.9 Å². The fraction of sp³-hybridized carbons (Fsp3) is 0.143. The fourth-order valence-electron chi connectivity index (χ4n) is 1.87. The van der Waals surface area contributed by atoms with E-state index in [1.165, 1.54) is 42.5 Å². The van der Waals surface area contributed by atoms with Crippen LogP contribution in [0.25, 0.3) is 0 Å². The van der Waals surface area contributed by atoms with Crippen molar-refractivity contribution in [3.63, 3.8) is 0 Å².